The molecule has 0 spiro atoms. The molecule has 2 heterocycles. The molecular weight excluding hydrogens is 345 g/mol. The minimum atomic E-state index is -0.984. The van der Waals surface area contributed by atoms with Crippen molar-refractivity contribution in [2.75, 3.05) is 0 Å². The third kappa shape index (κ3) is 3.61. The van der Waals surface area contributed by atoms with Crippen LogP contribution in [0.3, 0.4) is 0 Å². The van der Waals surface area contributed by atoms with E-state index >= 15 is 0 Å². The summed E-state index contributed by atoms with van der Waals surface area (Å²) in [4.78, 5) is 49.9. The Bertz CT molecular complexity index is 938. The minimum absolute atomic E-state index is 0.0825. The third-order valence-corrected chi connectivity index (χ3v) is 4.53. The quantitative estimate of drug-likeness (QED) is 0.365. The van der Waals surface area contributed by atoms with Gasteiger partial charge in [0.15, 0.2) is 0 Å². The van der Waals surface area contributed by atoms with Crippen molar-refractivity contribution in [1.29, 1.82) is 5.26 Å². The van der Waals surface area contributed by atoms with Gasteiger partial charge in [-0.3, -0.25) is 29.4 Å². The highest BCUT2D eigenvalue weighted by Gasteiger charge is 2.45. The molecule has 27 heavy (non-hydrogen) atoms. The van der Waals surface area contributed by atoms with Crippen molar-refractivity contribution in [1.82, 2.24) is 10.2 Å². The standard InChI is InChI=1S/C19H16BN3O4/c21-11-20-10-3-1-2-5-12-6-4-7-13-16(12)19(27)23(18(13)26)14-8-9-15(24)22-17(14)25/h4,6-7,14,20H,1,3,8-10H2,(H,22,24,25). The number of carbonyl (C=O) groups is 4. The molecule has 2 aliphatic heterocycles. The Morgan fingerprint density at radius 2 is 2.04 bits per heavy atom. The lowest BCUT2D eigenvalue weighted by molar-refractivity contribution is -0.136. The van der Waals surface area contributed by atoms with Crippen molar-refractivity contribution in [3.8, 4) is 17.8 Å². The van der Waals surface area contributed by atoms with Gasteiger partial charge in [0.2, 0.25) is 19.1 Å². The molecule has 4 amide bonds. The first-order chi connectivity index (χ1) is 13.0. The maximum Gasteiger partial charge on any atom is 0.263 e. The van der Waals surface area contributed by atoms with Gasteiger partial charge in [0.05, 0.1) is 11.1 Å². The fourth-order valence-corrected chi connectivity index (χ4v) is 3.19. The first kappa shape index (κ1) is 18.4. The van der Waals surface area contributed by atoms with Crippen LogP contribution in [0.15, 0.2) is 18.2 Å². The summed E-state index contributed by atoms with van der Waals surface area (Å²) in [7, 11) is 0.482. The van der Waals surface area contributed by atoms with E-state index in [9.17, 15) is 19.2 Å². The molecule has 1 fully saturated rings. The molecule has 0 radical (unpaired) electrons. The topological polar surface area (TPSA) is 107 Å². The van der Waals surface area contributed by atoms with Gasteiger partial charge in [-0.15, -0.1) is 0 Å². The van der Waals surface area contributed by atoms with Crippen LogP contribution >= 0.6 is 0 Å². The van der Waals surface area contributed by atoms with Gasteiger partial charge in [0, 0.05) is 18.4 Å². The van der Waals surface area contributed by atoms with E-state index in [2.05, 4.69) is 23.1 Å². The summed E-state index contributed by atoms with van der Waals surface area (Å²) in [6.45, 7) is 0. The number of nitrogens with zero attached hydrogens (tertiary/aromatic N) is 2. The summed E-state index contributed by atoms with van der Waals surface area (Å²) in [6, 6.07) is 3.87. The van der Waals surface area contributed by atoms with Crippen LogP contribution in [0.2, 0.25) is 6.32 Å². The fraction of sp³-hybridized carbons (Fsp3) is 0.316. The lowest BCUT2D eigenvalue weighted by atomic mass is 9.75. The minimum Gasteiger partial charge on any atom is -0.295 e. The second-order valence-electron chi connectivity index (χ2n) is 6.34. The van der Waals surface area contributed by atoms with Gasteiger partial charge in [-0.05, 0) is 30.9 Å². The molecular formula is C19H16BN3O4. The van der Waals surface area contributed by atoms with Gasteiger partial charge in [0.25, 0.3) is 11.8 Å². The Morgan fingerprint density at radius 3 is 2.78 bits per heavy atom. The third-order valence-electron chi connectivity index (χ3n) is 4.53. The number of hydrogen-bond donors (Lipinski definition) is 1. The first-order valence-corrected chi connectivity index (χ1v) is 8.75. The molecule has 1 N–H and O–H groups in total. The van der Waals surface area contributed by atoms with Crippen molar-refractivity contribution in [2.24, 2.45) is 0 Å². The van der Waals surface area contributed by atoms with E-state index in [0.717, 1.165) is 17.6 Å². The monoisotopic (exact) mass is 361 g/mol. The van der Waals surface area contributed by atoms with Crippen molar-refractivity contribution >= 4 is 30.9 Å². The second kappa shape index (κ2) is 7.88. The zero-order chi connectivity index (χ0) is 19.4. The molecule has 8 heteroatoms. The zero-order valence-electron chi connectivity index (χ0n) is 14.6. The molecule has 0 aliphatic carbocycles. The molecule has 1 atom stereocenters. The smallest absolute Gasteiger partial charge is 0.263 e. The summed E-state index contributed by atoms with van der Waals surface area (Å²) in [5.41, 5.74) is 0.874. The van der Waals surface area contributed by atoms with Crippen molar-refractivity contribution in [3.63, 3.8) is 0 Å². The zero-order valence-corrected chi connectivity index (χ0v) is 14.6. The summed E-state index contributed by atoms with van der Waals surface area (Å²) in [6.07, 6.45) is 2.34. The Hall–Kier alpha value is -3.39. The lowest BCUT2D eigenvalue weighted by Crippen LogP contribution is -2.54. The largest absolute Gasteiger partial charge is 0.295 e. The number of unbranched alkanes of at least 4 members (excludes halogenated alkanes) is 1. The summed E-state index contributed by atoms with van der Waals surface area (Å²) in [5, 5.41) is 10.7. The first-order valence-electron chi connectivity index (χ1n) is 8.75. The van der Waals surface area contributed by atoms with E-state index in [1.807, 2.05) is 0 Å². The average Bonchev–Trinajstić information content (AvgIpc) is 2.90. The normalized spacial score (nSPS) is 18.3. The van der Waals surface area contributed by atoms with E-state index in [0.29, 0.717) is 19.3 Å². The van der Waals surface area contributed by atoms with Crippen LogP contribution in [-0.4, -0.2) is 41.8 Å². The molecule has 0 saturated carbocycles. The molecule has 0 bridgehead atoms. The summed E-state index contributed by atoms with van der Waals surface area (Å²) < 4.78 is 0. The number of rotatable bonds is 4. The van der Waals surface area contributed by atoms with Crippen LogP contribution in [0, 0.1) is 23.1 Å². The lowest BCUT2D eigenvalue weighted by Gasteiger charge is -2.27. The molecule has 2 aliphatic rings. The van der Waals surface area contributed by atoms with Gasteiger partial charge in [0.1, 0.15) is 6.04 Å². The predicted octanol–water partition coefficient (Wildman–Crippen LogP) is 0.555. The number of nitrogens with one attached hydrogen (secondary N) is 1. The van der Waals surface area contributed by atoms with E-state index < -0.39 is 29.7 Å². The molecule has 1 aromatic rings. The molecule has 0 aromatic heterocycles. The fourth-order valence-electron chi connectivity index (χ4n) is 3.19. The predicted molar refractivity (Wildman–Crippen MR) is 96.8 cm³/mol. The van der Waals surface area contributed by atoms with Crippen LogP contribution in [0.5, 0.6) is 0 Å². The maximum absolute atomic E-state index is 12.9. The second-order valence-corrected chi connectivity index (χ2v) is 6.34. The number of imide groups is 2. The Balaban J connectivity index is 1.82. The number of fused-ring (bicyclic) bond motifs is 1. The molecule has 1 unspecified atom stereocenters. The molecule has 1 saturated heterocycles. The van der Waals surface area contributed by atoms with Gasteiger partial charge in [-0.25, -0.2) is 5.26 Å². The van der Waals surface area contributed by atoms with Crippen LogP contribution in [0.1, 0.15) is 52.0 Å². The number of piperidine rings is 1. The molecule has 134 valence electrons. The Labute approximate surface area is 156 Å². The van der Waals surface area contributed by atoms with Gasteiger partial charge >= 0.3 is 0 Å². The molecule has 3 rings (SSSR count). The van der Waals surface area contributed by atoms with E-state index in [-0.39, 0.29) is 24.0 Å². The maximum atomic E-state index is 12.9. The molecule has 1 aromatic carbocycles. The van der Waals surface area contributed by atoms with E-state index in [1.54, 1.807) is 18.2 Å². The highest BCUT2D eigenvalue weighted by atomic mass is 16.2. The summed E-state index contributed by atoms with van der Waals surface area (Å²) in [5.74, 6) is 5.83. The van der Waals surface area contributed by atoms with E-state index in [1.165, 1.54) is 0 Å². The Kier molecular flexibility index (Phi) is 5.37. The van der Waals surface area contributed by atoms with Crippen LogP contribution in [0.4, 0.5) is 0 Å². The number of nitriles is 1. The highest BCUT2D eigenvalue weighted by Crippen LogP contribution is 2.29. The van der Waals surface area contributed by atoms with Gasteiger partial charge < -0.3 is 0 Å². The number of carbonyl (C=O) groups excluding carboxylic acids is 4. The highest BCUT2D eigenvalue weighted by molar-refractivity contribution is 6.44. The number of hydrogen-bond acceptors (Lipinski definition) is 5. The van der Waals surface area contributed by atoms with Crippen LogP contribution in [0.25, 0.3) is 0 Å². The van der Waals surface area contributed by atoms with Gasteiger partial charge in [-0.1, -0.05) is 24.2 Å². The SMILES string of the molecule is N#CBCCCC#Cc1cccc2c1C(=O)N(C1CCC(=O)NC1=O)C2=O. The van der Waals surface area contributed by atoms with Crippen molar-refractivity contribution in [2.45, 2.75) is 38.0 Å². The number of benzene rings is 1. The van der Waals surface area contributed by atoms with E-state index in [4.69, 9.17) is 5.26 Å². The Morgan fingerprint density at radius 1 is 1.22 bits per heavy atom. The number of amides is 4. The summed E-state index contributed by atoms with van der Waals surface area (Å²) >= 11 is 0. The average molecular weight is 361 g/mol. The van der Waals surface area contributed by atoms with Crippen LogP contribution in [-0.2, 0) is 9.59 Å². The van der Waals surface area contributed by atoms with Crippen molar-refractivity contribution in [3.05, 3.63) is 34.9 Å². The van der Waals surface area contributed by atoms with Crippen LogP contribution < -0.4 is 5.32 Å². The van der Waals surface area contributed by atoms with Crippen molar-refractivity contribution < 1.29 is 19.2 Å². The molecule has 7 nitrogen and oxygen atoms in total. The van der Waals surface area contributed by atoms with Gasteiger partial charge in [-0.2, -0.15) is 0 Å².